The first-order chi connectivity index (χ1) is 10.6. The zero-order valence-electron chi connectivity index (χ0n) is 13.1. The number of nitrogens with one attached hydrogen (secondary N) is 1. The van der Waals surface area contributed by atoms with Crippen LogP contribution < -0.4 is 5.32 Å². The van der Waals surface area contributed by atoms with Crippen molar-refractivity contribution in [2.24, 2.45) is 7.05 Å². The lowest BCUT2D eigenvalue weighted by Gasteiger charge is -2.14. The minimum absolute atomic E-state index is 0.108. The van der Waals surface area contributed by atoms with Gasteiger partial charge in [-0.05, 0) is 13.5 Å². The third kappa shape index (κ3) is 4.85. The molecule has 2 heterocycles. The predicted octanol–water partition coefficient (Wildman–Crippen LogP) is 1.08. The van der Waals surface area contributed by atoms with Crippen LogP contribution in [0.15, 0.2) is 6.33 Å². The molecule has 9 heteroatoms. The Morgan fingerprint density at radius 1 is 1.45 bits per heavy atom. The third-order valence-electron chi connectivity index (χ3n) is 3.09. The average molecular weight is 323 g/mol. The largest absolute Gasteiger partial charge is 0.299 e. The maximum absolute atomic E-state index is 12.0. The molecule has 1 amide bonds. The first-order valence-corrected chi connectivity index (χ1v) is 8.03. The van der Waals surface area contributed by atoms with Crippen LogP contribution in [0, 0.1) is 0 Å². The summed E-state index contributed by atoms with van der Waals surface area (Å²) in [5.41, 5.74) is 0. The first-order valence-electron chi connectivity index (χ1n) is 7.22. The molecule has 0 radical (unpaired) electrons. The lowest BCUT2D eigenvalue weighted by Crippen LogP contribution is -2.30. The molecule has 2 aromatic heterocycles. The molecule has 0 saturated heterocycles. The van der Waals surface area contributed by atoms with E-state index in [2.05, 4.69) is 32.5 Å². The molecule has 0 saturated carbocycles. The molecule has 0 unspecified atom stereocenters. The minimum Gasteiger partial charge on any atom is -0.299 e. The number of anilines is 1. The van der Waals surface area contributed by atoms with Gasteiger partial charge in [0.2, 0.25) is 11.0 Å². The lowest BCUT2D eigenvalue weighted by molar-refractivity contribution is -0.117. The number of carbonyl (C=O) groups is 1. The summed E-state index contributed by atoms with van der Waals surface area (Å²) in [4.78, 5) is 18.0. The average Bonchev–Trinajstić information content (AvgIpc) is 3.06. The second kappa shape index (κ2) is 7.95. The Morgan fingerprint density at radius 2 is 2.27 bits per heavy atom. The molecule has 0 fully saturated rings. The first kappa shape index (κ1) is 16.5. The molecule has 8 nitrogen and oxygen atoms in total. The Balaban J connectivity index is 1.79. The van der Waals surface area contributed by atoms with E-state index in [1.54, 1.807) is 4.68 Å². The topological polar surface area (TPSA) is 88.8 Å². The summed E-state index contributed by atoms with van der Waals surface area (Å²) >= 11 is 1.44. The highest BCUT2D eigenvalue weighted by atomic mass is 32.1. The predicted molar refractivity (Wildman–Crippen MR) is 84.5 cm³/mol. The van der Waals surface area contributed by atoms with Crippen molar-refractivity contribution in [2.45, 2.75) is 32.7 Å². The van der Waals surface area contributed by atoms with Crippen LogP contribution in [-0.4, -0.2) is 49.4 Å². The number of likely N-dealkylation sites (N-methyl/N-ethyl adjacent to an activating group) is 1. The van der Waals surface area contributed by atoms with E-state index in [9.17, 15) is 4.79 Å². The van der Waals surface area contributed by atoms with E-state index >= 15 is 0 Å². The summed E-state index contributed by atoms with van der Waals surface area (Å²) in [6.07, 6.45) is 4.62. The molecule has 0 aromatic carbocycles. The molecule has 0 aliphatic heterocycles. The van der Waals surface area contributed by atoms with E-state index in [4.69, 9.17) is 0 Å². The number of hydrogen-bond acceptors (Lipinski definition) is 7. The second-order valence-corrected chi connectivity index (χ2v) is 6.19. The Morgan fingerprint density at radius 3 is 2.95 bits per heavy atom. The van der Waals surface area contributed by atoms with Gasteiger partial charge < -0.3 is 0 Å². The van der Waals surface area contributed by atoms with Crippen molar-refractivity contribution >= 4 is 22.4 Å². The number of rotatable bonds is 8. The Kier molecular flexibility index (Phi) is 5.96. The maximum atomic E-state index is 12.0. The lowest BCUT2D eigenvalue weighted by atomic mass is 10.3. The van der Waals surface area contributed by atoms with E-state index in [1.807, 2.05) is 19.0 Å². The van der Waals surface area contributed by atoms with Crippen molar-refractivity contribution in [1.29, 1.82) is 0 Å². The van der Waals surface area contributed by atoms with Gasteiger partial charge in [-0.25, -0.2) is 4.98 Å². The molecule has 2 rings (SSSR count). The fourth-order valence-corrected chi connectivity index (χ4v) is 2.70. The summed E-state index contributed by atoms with van der Waals surface area (Å²) in [7, 11) is 3.69. The summed E-state index contributed by atoms with van der Waals surface area (Å²) in [5.74, 6) is 0.705. The number of unbranched alkanes of at least 4 members (excludes halogenated alkanes) is 1. The number of nitrogens with zero attached hydrogens (tertiary/aromatic N) is 6. The van der Waals surface area contributed by atoms with Crippen molar-refractivity contribution in [2.75, 3.05) is 18.9 Å². The van der Waals surface area contributed by atoms with Crippen LogP contribution in [0.4, 0.5) is 5.13 Å². The zero-order valence-corrected chi connectivity index (χ0v) is 13.9. The van der Waals surface area contributed by atoms with Crippen molar-refractivity contribution in [1.82, 2.24) is 29.9 Å². The van der Waals surface area contributed by atoms with Gasteiger partial charge in [-0.3, -0.25) is 19.7 Å². The van der Waals surface area contributed by atoms with E-state index in [0.717, 1.165) is 30.1 Å². The normalized spacial score (nSPS) is 11.1. The molecule has 0 atom stereocenters. The maximum Gasteiger partial charge on any atom is 0.240 e. The molecule has 1 N–H and O–H groups in total. The van der Waals surface area contributed by atoms with Gasteiger partial charge in [-0.2, -0.15) is 5.10 Å². The zero-order chi connectivity index (χ0) is 15.9. The van der Waals surface area contributed by atoms with Gasteiger partial charge in [-0.15, -0.1) is 10.2 Å². The van der Waals surface area contributed by atoms with E-state index in [-0.39, 0.29) is 12.5 Å². The van der Waals surface area contributed by atoms with Crippen molar-refractivity contribution in [3.05, 3.63) is 17.2 Å². The molecular weight excluding hydrogens is 302 g/mol. The van der Waals surface area contributed by atoms with Gasteiger partial charge in [0, 0.05) is 13.5 Å². The van der Waals surface area contributed by atoms with Crippen LogP contribution in [0.25, 0.3) is 0 Å². The molecule has 0 bridgehead atoms. The van der Waals surface area contributed by atoms with Gasteiger partial charge in [-0.1, -0.05) is 24.7 Å². The number of aryl methyl sites for hydroxylation is 2. The second-order valence-electron chi connectivity index (χ2n) is 5.12. The van der Waals surface area contributed by atoms with Crippen molar-refractivity contribution in [3.63, 3.8) is 0 Å². The summed E-state index contributed by atoms with van der Waals surface area (Å²) in [6, 6.07) is 0. The molecule has 0 spiro atoms. The van der Waals surface area contributed by atoms with Crippen molar-refractivity contribution in [3.8, 4) is 0 Å². The number of hydrogen-bond donors (Lipinski definition) is 1. The van der Waals surface area contributed by atoms with E-state index in [1.165, 1.54) is 17.7 Å². The van der Waals surface area contributed by atoms with E-state index < -0.39 is 0 Å². The van der Waals surface area contributed by atoms with Gasteiger partial charge in [0.15, 0.2) is 0 Å². The van der Waals surface area contributed by atoms with Gasteiger partial charge in [0.05, 0.1) is 13.1 Å². The molecule has 0 aliphatic carbocycles. The van der Waals surface area contributed by atoms with Crippen LogP contribution in [0.1, 0.15) is 30.6 Å². The number of amides is 1. The molecule has 120 valence electrons. The van der Waals surface area contributed by atoms with Gasteiger partial charge >= 0.3 is 0 Å². The highest BCUT2D eigenvalue weighted by Crippen LogP contribution is 2.17. The minimum atomic E-state index is -0.108. The van der Waals surface area contributed by atoms with Crippen LogP contribution in [0.3, 0.4) is 0 Å². The molecular formula is C13H21N7OS. The Labute approximate surface area is 133 Å². The van der Waals surface area contributed by atoms with Gasteiger partial charge in [0.25, 0.3) is 0 Å². The Bertz CT molecular complexity index is 609. The molecule has 0 aliphatic rings. The highest BCUT2D eigenvalue weighted by molar-refractivity contribution is 7.15. The summed E-state index contributed by atoms with van der Waals surface area (Å²) in [5, 5.41) is 16.4. The van der Waals surface area contributed by atoms with Crippen LogP contribution in [0.2, 0.25) is 0 Å². The molecule has 2 aromatic rings. The summed E-state index contributed by atoms with van der Waals surface area (Å²) < 4.78 is 1.69. The highest BCUT2D eigenvalue weighted by Gasteiger charge is 2.12. The molecule has 22 heavy (non-hydrogen) atoms. The van der Waals surface area contributed by atoms with E-state index in [0.29, 0.717) is 11.7 Å². The fourth-order valence-electron chi connectivity index (χ4n) is 1.90. The van der Waals surface area contributed by atoms with Gasteiger partial charge in [0.1, 0.15) is 17.2 Å². The van der Waals surface area contributed by atoms with Crippen LogP contribution in [-0.2, 0) is 24.8 Å². The fraction of sp³-hybridized carbons (Fsp3) is 0.615. The SMILES string of the molecule is CCCCc1nnc(NC(=O)CN(C)Cc2ncnn2C)s1. The monoisotopic (exact) mass is 323 g/mol. The van der Waals surface area contributed by atoms with Crippen LogP contribution in [0.5, 0.6) is 0 Å². The van der Waals surface area contributed by atoms with Crippen LogP contribution >= 0.6 is 11.3 Å². The standard InChI is InChI=1S/C13H21N7OS/c1-4-5-6-12-17-18-13(22-12)16-11(21)8-19(2)7-10-14-9-15-20(10)3/h9H,4-8H2,1-3H3,(H,16,18,21). The third-order valence-corrected chi connectivity index (χ3v) is 3.99. The smallest absolute Gasteiger partial charge is 0.240 e. The van der Waals surface area contributed by atoms with Crippen molar-refractivity contribution < 1.29 is 4.79 Å². The quantitative estimate of drug-likeness (QED) is 0.782. The number of aromatic nitrogens is 5. The Hall–Kier alpha value is -1.87. The summed E-state index contributed by atoms with van der Waals surface area (Å²) in [6.45, 7) is 2.95. The number of carbonyl (C=O) groups excluding carboxylic acids is 1.